The summed E-state index contributed by atoms with van der Waals surface area (Å²) < 4.78 is 27.0. The van der Waals surface area contributed by atoms with Crippen molar-refractivity contribution in [1.82, 2.24) is 9.97 Å². The summed E-state index contributed by atoms with van der Waals surface area (Å²) in [5.74, 6) is -1.57. The summed E-state index contributed by atoms with van der Waals surface area (Å²) in [6, 6.07) is 6.03. The third kappa shape index (κ3) is 3.52. The summed E-state index contributed by atoms with van der Waals surface area (Å²) in [5.41, 5.74) is 0.599. The number of nitrogens with zero attached hydrogens (tertiary/aromatic N) is 2. The summed E-state index contributed by atoms with van der Waals surface area (Å²) in [6.07, 6.45) is 1.41. The zero-order chi connectivity index (χ0) is 16.4. The smallest absolute Gasteiger partial charge is 0.257 e. The summed E-state index contributed by atoms with van der Waals surface area (Å²) >= 11 is 6.83. The van der Waals surface area contributed by atoms with Crippen molar-refractivity contribution in [2.75, 3.05) is 5.32 Å². The van der Waals surface area contributed by atoms with Crippen LogP contribution in [0.15, 0.2) is 41.9 Å². The lowest BCUT2D eigenvalue weighted by Crippen LogP contribution is -2.11. The molecule has 0 bridgehead atoms. The Morgan fingerprint density at radius 3 is 2.83 bits per heavy atom. The molecular formula is C15H8ClF2N3OS. The third-order valence-corrected chi connectivity index (χ3v) is 3.88. The number of hydrogen-bond acceptors (Lipinski definition) is 4. The van der Waals surface area contributed by atoms with Crippen molar-refractivity contribution >= 4 is 34.0 Å². The Hall–Kier alpha value is -2.38. The highest BCUT2D eigenvalue weighted by Crippen LogP contribution is 2.27. The van der Waals surface area contributed by atoms with Crippen molar-refractivity contribution in [2.45, 2.75) is 0 Å². The second-order valence-corrected chi connectivity index (χ2v) is 5.73. The Kier molecular flexibility index (Phi) is 4.31. The lowest BCUT2D eigenvalue weighted by Gasteiger charge is -2.02. The maximum atomic E-state index is 13.7. The third-order valence-electron chi connectivity index (χ3n) is 2.92. The van der Waals surface area contributed by atoms with Crippen LogP contribution < -0.4 is 5.32 Å². The average molecular weight is 352 g/mol. The van der Waals surface area contributed by atoms with Gasteiger partial charge in [-0.1, -0.05) is 11.6 Å². The second-order valence-electron chi connectivity index (χ2n) is 4.48. The van der Waals surface area contributed by atoms with Crippen LogP contribution in [0.3, 0.4) is 0 Å². The molecule has 0 aliphatic carbocycles. The Balaban J connectivity index is 1.82. The van der Waals surface area contributed by atoms with Gasteiger partial charge in [0.1, 0.15) is 16.8 Å². The fourth-order valence-corrected chi connectivity index (χ4v) is 2.74. The van der Waals surface area contributed by atoms with Crippen LogP contribution in [0.25, 0.3) is 11.3 Å². The molecule has 2 aromatic heterocycles. The van der Waals surface area contributed by atoms with Crippen molar-refractivity contribution in [1.29, 1.82) is 0 Å². The molecule has 0 unspecified atom stereocenters. The second kappa shape index (κ2) is 6.39. The van der Waals surface area contributed by atoms with Crippen molar-refractivity contribution in [2.24, 2.45) is 0 Å². The zero-order valence-electron chi connectivity index (χ0n) is 11.4. The first-order valence-corrected chi connectivity index (χ1v) is 7.62. The summed E-state index contributed by atoms with van der Waals surface area (Å²) in [4.78, 5) is 20.0. The first kappa shape index (κ1) is 15.5. The number of aromatic nitrogens is 2. The minimum absolute atomic E-state index is 0.0358. The molecule has 0 spiro atoms. The van der Waals surface area contributed by atoms with E-state index in [2.05, 4.69) is 15.3 Å². The van der Waals surface area contributed by atoms with Crippen LogP contribution in [0.5, 0.6) is 0 Å². The minimum Gasteiger partial charge on any atom is -0.298 e. The molecule has 23 heavy (non-hydrogen) atoms. The van der Waals surface area contributed by atoms with Crippen molar-refractivity contribution in [3.05, 3.63) is 64.3 Å². The largest absolute Gasteiger partial charge is 0.298 e. The highest BCUT2D eigenvalue weighted by molar-refractivity contribution is 7.14. The zero-order valence-corrected chi connectivity index (χ0v) is 13.0. The number of nitrogens with one attached hydrogen (secondary N) is 1. The van der Waals surface area contributed by atoms with Gasteiger partial charge < -0.3 is 0 Å². The van der Waals surface area contributed by atoms with Gasteiger partial charge >= 0.3 is 0 Å². The maximum absolute atomic E-state index is 13.7. The molecule has 8 heteroatoms. The molecule has 0 aliphatic rings. The summed E-state index contributed by atoms with van der Waals surface area (Å²) in [7, 11) is 0. The molecular weight excluding hydrogens is 344 g/mol. The van der Waals surface area contributed by atoms with Crippen LogP contribution in [-0.4, -0.2) is 15.9 Å². The number of hydrogen-bond donors (Lipinski definition) is 1. The fourth-order valence-electron chi connectivity index (χ4n) is 1.86. The van der Waals surface area contributed by atoms with E-state index < -0.39 is 17.5 Å². The topological polar surface area (TPSA) is 54.9 Å². The van der Waals surface area contributed by atoms with Gasteiger partial charge in [0.25, 0.3) is 5.91 Å². The van der Waals surface area contributed by atoms with Gasteiger partial charge in [-0.05, 0) is 30.3 Å². The predicted octanol–water partition coefficient (Wildman–Crippen LogP) is 4.39. The van der Waals surface area contributed by atoms with Crippen LogP contribution in [0.4, 0.5) is 13.9 Å². The number of pyridine rings is 1. The Bertz CT molecular complexity index is 885. The SMILES string of the molecule is O=C(Nc1nc(-c2cc(F)ccc2F)cs1)c1ccnc(Cl)c1. The standard InChI is InChI=1S/C15H8ClF2N3OS/c16-13-5-8(3-4-19-13)14(22)21-15-20-12(7-23-15)10-6-9(17)1-2-11(10)18/h1-7H,(H,20,21,22). The highest BCUT2D eigenvalue weighted by Gasteiger charge is 2.13. The molecule has 2 heterocycles. The Labute approximate surface area is 138 Å². The molecule has 1 aromatic carbocycles. The van der Waals surface area contributed by atoms with Crippen LogP contribution in [0.2, 0.25) is 5.15 Å². The van der Waals surface area contributed by atoms with Gasteiger partial charge in [-0.3, -0.25) is 10.1 Å². The molecule has 4 nitrogen and oxygen atoms in total. The summed E-state index contributed by atoms with van der Waals surface area (Å²) in [6.45, 7) is 0. The Morgan fingerprint density at radius 2 is 2.04 bits per heavy atom. The normalized spacial score (nSPS) is 10.6. The van der Waals surface area contributed by atoms with Gasteiger partial charge in [0.2, 0.25) is 0 Å². The van der Waals surface area contributed by atoms with Gasteiger partial charge in [0.05, 0.1) is 5.69 Å². The van der Waals surface area contributed by atoms with Crippen LogP contribution in [-0.2, 0) is 0 Å². The van der Waals surface area contributed by atoms with Gasteiger partial charge in [-0.15, -0.1) is 11.3 Å². The quantitative estimate of drug-likeness (QED) is 0.712. The van der Waals surface area contributed by atoms with Gasteiger partial charge in [-0.25, -0.2) is 18.7 Å². The summed E-state index contributed by atoms with van der Waals surface area (Å²) in [5, 5.41) is 4.57. The van der Waals surface area contributed by atoms with E-state index >= 15 is 0 Å². The number of carbonyl (C=O) groups excluding carboxylic acids is 1. The van der Waals surface area contributed by atoms with E-state index in [1.54, 1.807) is 0 Å². The van der Waals surface area contributed by atoms with Crippen molar-refractivity contribution in [3.63, 3.8) is 0 Å². The van der Waals surface area contributed by atoms with E-state index in [9.17, 15) is 13.6 Å². The predicted molar refractivity (Wildman–Crippen MR) is 84.7 cm³/mol. The van der Waals surface area contributed by atoms with Crippen molar-refractivity contribution in [3.8, 4) is 11.3 Å². The van der Waals surface area contributed by atoms with Gasteiger partial charge in [0, 0.05) is 22.7 Å². The number of amides is 1. The molecule has 3 rings (SSSR count). The minimum atomic E-state index is -0.588. The average Bonchev–Trinajstić information content (AvgIpc) is 2.98. The van der Waals surface area contributed by atoms with E-state index in [0.717, 1.165) is 29.5 Å². The van der Waals surface area contributed by atoms with Crippen LogP contribution in [0.1, 0.15) is 10.4 Å². The molecule has 1 amide bonds. The number of carbonyl (C=O) groups is 1. The molecule has 0 saturated heterocycles. The molecule has 0 atom stereocenters. The number of anilines is 1. The molecule has 0 fully saturated rings. The molecule has 3 aromatic rings. The first-order chi connectivity index (χ1) is 11.0. The monoisotopic (exact) mass is 351 g/mol. The number of benzene rings is 1. The van der Waals surface area contributed by atoms with E-state index in [1.807, 2.05) is 0 Å². The van der Waals surface area contributed by atoms with Crippen LogP contribution >= 0.6 is 22.9 Å². The molecule has 0 radical (unpaired) electrons. The Morgan fingerprint density at radius 1 is 1.22 bits per heavy atom. The van der Waals surface area contributed by atoms with Gasteiger partial charge in [-0.2, -0.15) is 0 Å². The number of halogens is 3. The van der Waals surface area contributed by atoms with Crippen molar-refractivity contribution < 1.29 is 13.6 Å². The highest BCUT2D eigenvalue weighted by atomic mass is 35.5. The lowest BCUT2D eigenvalue weighted by atomic mass is 10.1. The van der Waals surface area contributed by atoms with E-state index in [-0.39, 0.29) is 21.5 Å². The number of thiazole rings is 1. The van der Waals surface area contributed by atoms with E-state index in [4.69, 9.17) is 11.6 Å². The van der Waals surface area contributed by atoms with E-state index in [0.29, 0.717) is 5.56 Å². The molecule has 0 saturated carbocycles. The number of rotatable bonds is 3. The van der Waals surface area contributed by atoms with Crippen LogP contribution in [0, 0.1) is 11.6 Å². The maximum Gasteiger partial charge on any atom is 0.257 e. The van der Waals surface area contributed by atoms with Gasteiger partial charge in [0.15, 0.2) is 5.13 Å². The fraction of sp³-hybridized carbons (Fsp3) is 0. The lowest BCUT2D eigenvalue weighted by molar-refractivity contribution is 0.102. The van der Waals surface area contributed by atoms with E-state index in [1.165, 1.54) is 23.7 Å². The molecule has 1 N–H and O–H groups in total. The molecule has 116 valence electrons. The first-order valence-electron chi connectivity index (χ1n) is 6.37. The molecule has 0 aliphatic heterocycles.